The lowest BCUT2D eigenvalue weighted by Gasteiger charge is -2.40. The Kier molecular flexibility index (Phi) is 6.71. The van der Waals surface area contributed by atoms with E-state index in [4.69, 9.17) is 4.74 Å². The highest BCUT2D eigenvalue weighted by molar-refractivity contribution is 7.89. The fourth-order valence-electron chi connectivity index (χ4n) is 4.48. The molecule has 0 aliphatic carbocycles. The van der Waals surface area contributed by atoms with Gasteiger partial charge in [0.2, 0.25) is 10.0 Å². The molecule has 176 valence electrons. The Morgan fingerprint density at radius 3 is 2.48 bits per heavy atom. The van der Waals surface area contributed by atoms with E-state index in [2.05, 4.69) is 4.74 Å². The van der Waals surface area contributed by atoms with Crippen molar-refractivity contribution < 1.29 is 27.5 Å². The molecule has 0 N–H and O–H groups in total. The lowest BCUT2D eigenvalue weighted by atomic mass is 10.00. The zero-order valence-electron chi connectivity index (χ0n) is 18.8. The number of aryl methyl sites for hydroxylation is 2. The molecule has 0 atom stereocenters. The number of para-hydroxylation sites is 1. The monoisotopic (exact) mass is 472 g/mol. The Labute approximate surface area is 194 Å². The summed E-state index contributed by atoms with van der Waals surface area (Å²) < 4.78 is 37.8. The quantitative estimate of drug-likeness (QED) is 0.598. The number of esters is 1. The van der Waals surface area contributed by atoms with Crippen molar-refractivity contribution >= 4 is 27.8 Å². The van der Waals surface area contributed by atoms with Crippen molar-refractivity contribution in [3.8, 4) is 0 Å². The maximum Gasteiger partial charge on any atom is 0.414 e. The zero-order valence-corrected chi connectivity index (χ0v) is 19.6. The average molecular weight is 473 g/mol. The first-order chi connectivity index (χ1) is 15.8. The molecule has 0 radical (unpaired) electrons. The van der Waals surface area contributed by atoms with Crippen LogP contribution in [0.3, 0.4) is 0 Å². The Balaban J connectivity index is 1.44. The van der Waals surface area contributed by atoms with Crippen LogP contribution in [0, 0.1) is 6.92 Å². The third-order valence-corrected chi connectivity index (χ3v) is 8.22. The van der Waals surface area contributed by atoms with Crippen molar-refractivity contribution in [2.75, 3.05) is 25.1 Å². The van der Waals surface area contributed by atoms with Gasteiger partial charge in [-0.05, 0) is 49.4 Å². The number of carbonyl (C=O) groups is 2. The molecule has 0 unspecified atom stereocenters. The molecule has 0 bridgehead atoms. The molecule has 33 heavy (non-hydrogen) atoms. The third-order valence-electron chi connectivity index (χ3n) is 6.31. The second-order valence-corrected chi connectivity index (χ2v) is 10.3. The first-order valence-electron chi connectivity index (χ1n) is 11.0. The first-order valence-corrected chi connectivity index (χ1v) is 12.5. The molecule has 2 aromatic carbocycles. The molecule has 0 aromatic heterocycles. The number of sulfonamides is 1. The Morgan fingerprint density at radius 1 is 1.12 bits per heavy atom. The second-order valence-electron chi connectivity index (χ2n) is 8.36. The van der Waals surface area contributed by atoms with Crippen LogP contribution in [0.15, 0.2) is 47.4 Å². The van der Waals surface area contributed by atoms with E-state index in [1.54, 1.807) is 29.2 Å². The van der Waals surface area contributed by atoms with Crippen LogP contribution < -0.4 is 4.90 Å². The van der Waals surface area contributed by atoms with Gasteiger partial charge >= 0.3 is 12.1 Å². The van der Waals surface area contributed by atoms with Crippen molar-refractivity contribution in [1.82, 2.24) is 4.31 Å². The Morgan fingerprint density at radius 2 is 1.82 bits per heavy atom. The van der Waals surface area contributed by atoms with Crippen molar-refractivity contribution in [1.29, 1.82) is 0 Å². The SMILES string of the molecule is COC(=O)CCc1ccc(S(=O)(=O)N2CCC(N3C(=O)OCc4cccc(C)c43)CC2)cc1. The number of carbonyl (C=O) groups excluding carboxylic acids is 2. The lowest BCUT2D eigenvalue weighted by molar-refractivity contribution is -0.140. The van der Waals surface area contributed by atoms with E-state index in [0.717, 1.165) is 22.4 Å². The number of hydrogen-bond donors (Lipinski definition) is 0. The molecular formula is C24H28N2O6S. The van der Waals surface area contributed by atoms with Crippen molar-refractivity contribution in [2.24, 2.45) is 0 Å². The van der Waals surface area contributed by atoms with Crippen molar-refractivity contribution in [3.05, 3.63) is 59.2 Å². The van der Waals surface area contributed by atoms with Crippen LogP contribution in [0.2, 0.25) is 0 Å². The summed E-state index contributed by atoms with van der Waals surface area (Å²) >= 11 is 0. The van der Waals surface area contributed by atoms with Crippen molar-refractivity contribution in [3.63, 3.8) is 0 Å². The predicted molar refractivity (Wildman–Crippen MR) is 122 cm³/mol. The maximum atomic E-state index is 13.2. The maximum absolute atomic E-state index is 13.2. The van der Waals surface area contributed by atoms with Crippen LogP contribution in [0.4, 0.5) is 10.5 Å². The van der Waals surface area contributed by atoms with Gasteiger partial charge < -0.3 is 9.47 Å². The summed E-state index contributed by atoms with van der Waals surface area (Å²) in [6.07, 6.45) is 1.42. The van der Waals surface area contributed by atoms with E-state index in [1.165, 1.54) is 11.4 Å². The van der Waals surface area contributed by atoms with Gasteiger partial charge in [-0.3, -0.25) is 9.69 Å². The topological polar surface area (TPSA) is 93.2 Å². The van der Waals surface area contributed by atoms with Crippen LogP contribution in [0.1, 0.15) is 36.0 Å². The average Bonchev–Trinajstić information content (AvgIpc) is 2.83. The molecule has 0 saturated carbocycles. The minimum Gasteiger partial charge on any atom is -0.469 e. The van der Waals surface area contributed by atoms with Gasteiger partial charge in [-0.25, -0.2) is 13.2 Å². The third kappa shape index (κ3) is 4.74. The normalized spacial score (nSPS) is 17.4. The molecule has 8 nitrogen and oxygen atoms in total. The van der Waals surface area contributed by atoms with Crippen LogP contribution in [-0.2, 0) is 37.3 Å². The van der Waals surface area contributed by atoms with E-state index in [0.29, 0.717) is 32.4 Å². The molecule has 2 aliphatic rings. The van der Waals surface area contributed by atoms with Crippen LogP contribution in [0.5, 0.6) is 0 Å². The van der Waals surface area contributed by atoms with Crippen LogP contribution >= 0.6 is 0 Å². The summed E-state index contributed by atoms with van der Waals surface area (Å²) in [5.74, 6) is -0.301. The number of piperidine rings is 1. The first kappa shape index (κ1) is 23.3. The summed E-state index contributed by atoms with van der Waals surface area (Å²) in [5.41, 5.74) is 3.73. The van der Waals surface area contributed by atoms with Gasteiger partial charge in [-0.2, -0.15) is 4.31 Å². The fourth-order valence-corrected chi connectivity index (χ4v) is 5.95. The summed E-state index contributed by atoms with van der Waals surface area (Å²) in [7, 11) is -2.30. The van der Waals surface area contributed by atoms with E-state index < -0.39 is 10.0 Å². The molecule has 0 spiro atoms. The number of rotatable bonds is 6. The summed E-state index contributed by atoms with van der Waals surface area (Å²) in [6.45, 7) is 2.87. The molecular weight excluding hydrogens is 444 g/mol. The van der Waals surface area contributed by atoms with E-state index in [9.17, 15) is 18.0 Å². The molecule has 4 rings (SSSR count). The zero-order chi connectivity index (χ0) is 23.6. The number of anilines is 1. The number of benzene rings is 2. The minimum atomic E-state index is -3.64. The van der Waals surface area contributed by atoms with E-state index in [1.807, 2.05) is 25.1 Å². The molecule has 2 aliphatic heterocycles. The predicted octanol–water partition coefficient (Wildman–Crippen LogP) is 3.41. The van der Waals surface area contributed by atoms with E-state index >= 15 is 0 Å². The fraction of sp³-hybridized carbons (Fsp3) is 0.417. The van der Waals surface area contributed by atoms with Gasteiger partial charge in [0.1, 0.15) is 6.61 Å². The van der Waals surface area contributed by atoms with Gasteiger partial charge in [-0.15, -0.1) is 0 Å². The number of hydrogen-bond acceptors (Lipinski definition) is 6. The lowest BCUT2D eigenvalue weighted by Crippen LogP contribution is -2.50. The number of nitrogens with zero attached hydrogens (tertiary/aromatic N) is 2. The molecule has 9 heteroatoms. The highest BCUT2D eigenvalue weighted by Gasteiger charge is 2.37. The molecule has 2 heterocycles. The van der Waals surface area contributed by atoms with Gasteiger partial charge in [0.05, 0.1) is 17.7 Å². The highest BCUT2D eigenvalue weighted by Crippen LogP contribution is 2.35. The number of ether oxygens (including phenoxy) is 2. The Bertz CT molecular complexity index is 1140. The standard InChI is InChI=1S/C24H28N2O6S/c1-17-4-3-5-19-16-32-24(28)26(23(17)19)20-12-14-25(15-13-20)33(29,30)21-9-6-18(7-10-21)8-11-22(27)31-2/h3-7,9-10,20H,8,11-16H2,1-2H3. The summed E-state index contributed by atoms with van der Waals surface area (Å²) in [5, 5.41) is 0. The smallest absolute Gasteiger partial charge is 0.414 e. The number of cyclic esters (lactones) is 1. The number of amides is 1. The summed E-state index contributed by atoms with van der Waals surface area (Å²) in [4.78, 5) is 25.8. The Hall–Kier alpha value is -2.91. The van der Waals surface area contributed by atoms with Gasteiger partial charge in [-0.1, -0.05) is 30.3 Å². The van der Waals surface area contributed by atoms with Gasteiger partial charge in [0.15, 0.2) is 0 Å². The van der Waals surface area contributed by atoms with E-state index in [-0.39, 0.29) is 36.0 Å². The molecule has 1 amide bonds. The van der Waals surface area contributed by atoms with Crippen molar-refractivity contribution in [2.45, 2.75) is 50.2 Å². The second kappa shape index (κ2) is 9.52. The van der Waals surface area contributed by atoms with Crippen LogP contribution in [-0.4, -0.2) is 51.0 Å². The largest absolute Gasteiger partial charge is 0.469 e. The molecule has 1 saturated heterocycles. The number of fused-ring (bicyclic) bond motifs is 1. The number of methoxy groups -OCH3 is 1. The molecule has 2 aromatic rings. The molecule has 1 fully saturated rings. The van der Waals surface area contributed by atoms with Gasteiger partial charge in [0.25, 0.3) is 0 Å². The summed E-state index contributed by atoms with van der Waals surface area (Å²) in [6, 6.07) is 12.4. The van der Waals surface area contributed by atoms with Crippen LogP contribution in [0.25, 0.3) is 0 Å². The minimum absolute atomic E-state index is 0.121. The van der Waals surface area contributed by atoms with Gasteiger partial charge in [0, 0.05) is 31.1 Å². The highest BCUT2D eigenvalue weighted by atomic mass is 32.2.